The number of carbonyl (C=O) groups is 1. The van der Waals surface area contributed by atoms with Crippen LogP contribution in [-0.4, -0.2) is 30.2 Å². The van der Waals surface area contributed by atoms with E-state index in [0.717, 1.165) is 25.1 Å². The van der Waals surface area contributed by atoms with Crippen LogP contribution in [0.3, 0.4) is 0 Å². The standard InChI is InChI=1S/C16H18N2O3S/c1-11-10-22-16(17-11)18-15(19)13-6-2-3-7-14(13)21-9-12-5-4-8-20-12/h2-3,6-7,10,12H,4-5,8-9H2,1H3,(H,17,18,19)/t12-/m1/s1. The summed E-state index contributed by atoms with van der Waals surface area (Å²) in [6.07, 6.45) is 2.20. The van der Waals surface area contributed by atoms with E-state index in [9.17, 15) is 4.79 Å². The minimum atomic E-state index is -0.211. The molecule has 1 atom stereocenters. The van der Waals surface area contributed by atoms with Gasteiger partial charge in [0.2, 0.25) is 0 Å². The molecule has 6 heteroatoms. The van der Waals surface area contributed by atoms with E-state index in [1.54, 1.807) is 12.1 Å². The molecule has 116 valence electrons. The second-order valence-electron chi connectivity index (χ2n) is 5.19. The lowest BCUT2D eigenvalue weighted by molar-refractivity contribution is 0.0673. The molecule has 1 aromatic heterocycles. The summed E-state index contributed by atoms with van der Waals surface area (Å²) in [6.45, 7) is 3.16. The number of amides is 1. The molecule has 22 heavy (non-hydrogen) atoms. The van der Waals surface area contributed by atoms with Crippen molar-refractivity contribution in [1.82, 2.24) is 4.98 Å². The first-order valence-corrected chi connectivity index (χ1v) is 8.17. The molecule has 2 heterocycles. The van der Waals surface area contributed by atoms with E-state index < -0.39 is 0 Å². The van der Waals surface area contributed by atoms with E-state index >= 15 is 0 Å². The fourth-order valence-corrected chi connectivity index (χ4v) is 3.00. The maximum absolute atomic E-state index is 12.4. The number of nitrogens with zero attached hydrogens (tertiary/aromatic N) is 1. The largest absolute Gasteiger partial charge is 0.490 e. The van der Waals surface area contributed by atoms with Gasteiger partial charge < -0.3 is 9.47 Å². The Morgan fingerprint density at radius 3 is 3.09 bits per heavy atom. The molecule has 0 bridgehead atoms. The molecule has 1 amide bonds. The Morgan fingerprint density at radius 1 is 1.50 bits per heavy atom. The van der Waals surface area contributed by atoms with Gasteiger partial charge in [0.1, 0.15) is 12.4 Å². The molecule has 1 aromatic carbocycles. The fraction of sp³-hybridized carbons (Fsp3) is 0.375. The zero-order valence-corrected chi connectivity index (χ0v) is 13.2. The number of aryl methyl sites for hydroxylation is 1. The molecule has 0 radical (unpaired) electrons. The maximum atomic E-state index is 12.4. The second-order valence-corrected chi connectivity index (χ2v) is 6.05. The first kappa shape index (κ1) is 15.0. The van der Waals surface area contributed by atoms with Crippen molar-refractivity contribution in [1.29, 1.82) is 0 Å². The third-order valence-corrected chi connectivity index (χ3v) is 4.30. The number of thiazole rings is 1. The van der Waals surface area contributed by atoms with Crippen LogP contribution in [0.25, 0.3) is 0 Å². The number of para-hydroxylation sites is 1. The highest BCUT2D eigenvalue weighted by molar-refractivity contribution is 7.13. The number of aromatic nitrogens is 1. The number of nitrogens with one attached hydrogen (secondary N) is 1. The number of anilines is 1. The molecule has 1 saturated heterocycles. The summed E-state index contributed by atoms with van der Waals surface area (Å²) in [6, 6.07) is 7.23. The summed E-state index contributed by atoms with van der Waals surface area (Å²) < 4.78 is 11.3. The lowest BCUT2D eigenvalue weighted by atomic mass is 10.2. The lowest BCUT2D eigenvalue weighted by Crippen LogP contribution is -2.19. The maximum Gasteiger partial charge on any atom is 0.261 e. The third kappa shape index (κ3) is 3.64. The van der Waals surface area contributed by atoms with Crippen LogP contribution >= 0.6 is 11.3 Å². The van der Waals surface area contributed by atoms with Crippen molar-refractivity contribution < 1.29 is 14.3 Å². The quantitative estimate of drug-likeness (QED) is 0.919. The van der Waals surface area contributed by atoms with Gasteiger partial charge in [-0.1, -0.05) is 12.1 Å². The molecular weight excluding hydrogens is 300 g/mol. The topological polar surface area (TPSA) is 60.5 Å². The van der Waals surface area contributed by atoms with Gasteiger partial charge >= 0.3 is 0 Å². The highest BCUT2D eigenvalue weighted by atomic mass is 32.1. The molecule has 2 aromatic rings. The monoisotopic (exact) mass is 318 g/mol. The van der Waals surface area contributed by atoms with Gasteiger partial charge in [0, 0.05) is 12.0 Å². The van der Waals surface area contributed by atoms with Gasteiger partial charge in [-0.25, -0.2) is 4.98 Å². The summed E-state index contributed by atoms with van der Waals surface area (Å²) in [5, 5.41) is 5.30. The number of carbonyl (C=O) groups excluding carboxylic acids is 1. The molecule has 1 aliphatic rings. The summed E-state index contributed by atoms with van der Waals surface area (Å²) in [5.41, 5.74) is 1.40. The first-order valence-electron chi connectivity index (χ1n) is 7.29. The summed E-state index contributed by atoms with van der Waals surface area (Å²) in [7, 11) is 0. The van der Waals surface area contributed by atoms with Crippen LogP contribution in [0.5, 0.6) is 5.75 Å². The van der Waals surface area contributed by atoms with Gasteiger partial charge in [-0.2, -0.15) is 0 Å². The molecular formula is C16H18N2O3S. The Labute approximate surface area is 133 Å². The number of ether oxygens (including phenoxy) is 2. The zero-order valence-electron chi connectivity index (χ0n) is 12.4. The van der Waals surface area contributed by atoms with E-state index in [1.165, 1.54) is 11.3 Å². The molecule has 0 spiro atoms. The summed E-state index contributed by atoms with van der Waals surface area (Å²) in [4.78, 5) is 16.6. The molecule has 1 fully saturated rings. The van der Waals surface area contributed by atoms with Crippen molar-refractivity contribution in [3.8, 4) is 5.75 Å². The summed E-state index contributed by atoms with van der Waals surface area (Å²) in [5.74, 6) is 0.362. The average Bonchev–Trinajstić information content (AvgIpc) is 3.17. The Bertz CT molecular complexity index is 650. The van der Waals surface area contributed by atoms with Gasteiger partial charge in [0.25, 0.3) is 5.91 Å². The van der Waals surface area contributed by atoms with E-state index in [2.05, 4.69) is 10.3 Å². The molecule has 1 aliphatic heterocycles. The van der Waals surface area contributed by atoms with E-state index in [1.807, 2.05) is 24.4 Å². The number of hydrogen-bond acceptors (Lipinski definition) is 5. The van der Waals surface area contributed by atoms with Crippen molar-refractivity contribution in [2.45, 2.75) is 25.9 Å². The van der Waals surface area contributed by atoms with Crippen LogP contribution < -0.4 is 10.1 Å². The molecule has 0 saturated carbocycles. The highest BCUT2D eigenvalue weighted by Crippen LogP contribution is 2.22. The Balaban J connectivity index is 1.68. The van der Waals surface area contributed by atoms with Crippen molar-refractivity contribution in [3.05, 3.63) is 40.9 Å². The van der Waals surface area contributed by atoms with E-state index in [0.29, 0.717) is 23.1 Å². The van der Waals surface area contributed by atoms with Gasteiger partial charge in [0.05, 0.1) is 17.4 Å². The molecule has 3 rings (SSSR count). The number of benzene rings is 1. The minimum Gasteiger partial charge on any atom is -0.490 e. The van der Waals surface area contributed by atoms with Crippen LogP contribution in [0.2, 0.25) is 0 Å². The highest BCUT2D eigenvalue weighted by Gasteiger charge is 2.18. The number of rotatable bonds is 5. The average molecular weight is 318 g/mol. The van der Waals surface area contributed by atoms with Gasteiger partial charge in [-0.3, -0.25) is 10.1 Å². The van der Waals surface area contributed by atoms with Crippen molar-refractivity contribution in [2.24, 2.45) is 0 Å². The Hall–Kier alpha value is -1.92. The van der Waals surface area contributed by atoms with Crippen LogP contribution in [0.15, 0.2) is 29.6 Å². The first-order chi connectivity index (χ1) is 10.7. The Morgan fingerprint density at radius 2 is 2.36 bits per heavy atom. The van der Waals surface area contributed by atoms with Crippen LogP contribution in [0, 0.1) is 6.92 Å². The number of hydrogen-bond donors (Lipinski definition) is 1. The normalized spacial score (nSPS) is 17.4. The fourth-order valence-electron chi connectivity index (χ4n) is 2.31. The van der Waals surface area contributed by atoms with E-state index in [-0.39, 0.29) is 12.0 Å². The molecule has 0 unspecified atom stereocenters. The predicted molar refractivity (Wildman–Crippen MR) is 85.7 cm³/mol. The van der Waals surface area contributed by atoms with Crippen molar-refractivity contribution in [3.63, 3.8) is 0 Å². The van der Waals surface area contributed by atoms with Crippen molar-refractivity contribution in [2.75, 3.05) is 18.5 Å². The predicted octanol–water partition coefficient (Wildman–Crippen LogP) is 3.26. The molecule has 1 N–H and O–H groups in total. The minimum absolute atomic E-state index is 0.123. The molecule has 5 nitrogen and oxygen atoms in total. The van der Waals surface area contributed by atoms with Gasteiger partial charge in [-0.05, 0) is 31.9 Å². The molecule has 0 aliphatic carbocycles. The van der Waals surface area contributed by atoms with Gasteiger partial charge in [-0.15, -0.1) is 11.3 Å². The third-order valence-electron chi connectivity index (χ3n) is 3.42. The summed E-state index contributed by atoms with van der Waals surface area (Å²) >= 11 is 1.41. The second kappa shape index (κ2) is 6.89. The smallest absolute Gasteiger partial charge is 0.261 e. The van der Waals surface area contributed by atoms with Crippen LogP contribution in [0.1, 0.15) is 28.9 Å². The van der Waals surface area contributed by atoms with Gasteiger partial charge in [0.15, 0.2) is 5.13 Å². The van der Waals surface area contributed by atoms with Crippen LogP contribution in [-0.2, 0) is 4.74 Å². The van der Waals surface area contributed by atoms with Crippen LogP contribution in [0.4, 0.5) is 5.13 Å². The SMILES string of the molecule is Cc1csc(NC(=O)c2ccccc2OC[C@H]2CCCO2)n1. The van der Waals surface area contributed by atoms with Crippen molar-refractivity contribution >= 4 is 22.4 Å². The Kier molecular flexibility index (Phi) is 4.70. The van der Waals surface area contributed by atoms with E-state index in [4.69, 9.17) is 9.47 Å². The zero-order chi connectivity index (χ0) is 15.4. The lowest BCUT2D eigenvalue weighted by Gasteiger charge is -2.14.